The van der Waals surface area contributed by atoms with E-state index in [0.29, 0.717) is 22.2 Å². The summed E-state index contributed by atoms with van der Waals surface area (Å²) in [5, 5.41) is 13.2. The van der Waals surface area contributed by atoms with E-state index in [1.165, 1.54) is 16.2 Å². The first kappa shape index (κ1) is 16.6. The van der Waals surface area contributed by atoms with Gasteiger partial charge in [0.15, 0.2) is 0 Å². The van der Waals surface area contributed by atoms with Gasteiger partial charge in [-0.1, -0.05) is 25.1 Å². The zero-order valence-electron chi connectivity index (χ0n) is 14.4. The number of amides is 1. The zero-order valence-corrected chi connectivity index (χ0v) is 15.2. The quantitative estimate of drug-likeness (QED) is 0.760. The maximum atomic E-state index is 12.8. The van der Waals surface area contributed by atoms with E-state index in [9.17, 15) is 10.1 Å². The van der Waals surface area contributed by atoms with Gasteiger partial charge in [-0.05, 0) is 42.9 Å². The summed E-state index contributed by atoms with van der Waals surface area (Å²) >= 11 is 1.53. The molecule has 130 valence electrons. The largest absolute Gasteiger partial charge is 0.311 e. The number of hydrogen-bond donors (Lipinski definition) is 1. The molecule has 0 spiro atoms. The molecule has 1 amide bonds. The second kappa shape index (κ2) is 6.77. The summed E-state index contributed by atoms with van der Waals surface area (Å²) < 4.78 is 1.75. The van der Waals surface area contributed by atoms with Crippen LogP contribution in [0.15, 0.2) is 42.9 Å². The number of anilines is 1. The molecule has 0 saturated heterocycles. The highest BCUT2D eigenvalue weighted by Crippen LogP contribution is 2.39. The Bertz CT molecular complexity index is 997. The average Bonchev–Trinajstić information content (AvgIpc) is 3.26. The van der Waals surface area contributed by atoms with Crippen molar-refractivity contribution in [2.24, 2.45) is 5.92 Å². The average molecular weight is 362 g/mol. The fourth-order valence-electron chi connectivity index (χ4n) is 3.38. The highest BCUT2D eigenvalue weighted by Gasteiger charge is 2.25. The number of aromatic nitrogens is 2. The molecule has 0 bridgehead atoms. The van der Waals surface area contributed by atoms with Crippen molar-refractivity contribution in [3.8, 4) is 11.8 Å². The molecule has 1 aliphatic carbocycles. The number of carbonyl (C=O) groups excluding carboxylic acids is 1. The number of rotatable bonds is 3. The molecule has 6 heteroatoms. The van der Waals surface area contributed by atoms with Gasteiger partial charge in [-0.3, -0.25) is 9.36 Å². The number of nitrogens with zero attached hydrogens (tertiary/aromatic N) is 3. The minimum atomic E-state index is -0.255. The van der Waals surface area contributed by atoms with Gasteiger partial charge >= 0.3 is 0 Å². The second-order valence-corrected chi connectivity index (χ2v) is 7.71. The molecule has 0 fully saturated rings. The van der Waals surface area contributed by atoms with E-state index < -0.39 is 0 Å². The molecule has 0 radical (unpaired) electrons. The lowest BCUT2D eigenvalue weighted by atomic mass is 9.89. The van der Waals surface area contributed by atoms with Gasteiger partial charge in [-0.2, -0.15) is 5.26 Å². The normalized spacial score (nSPS) is 15.9. The lowest BCUT2D eigenvalue weighted by molar-refractivity contribution is 0.102. The molecule has 26 heavy (non-hydrogen) atoms. The predicted molar refractivity (Wildman–Crippen MR) is 102 cm³/mol. The Labute approximate surface area is 155 Å². The van der Waals surface area contributed by atoms with Crippen LogP contribution in [0.2, 0.25) is 0 Å². The van der Waals surface area contributed by atoms with Crippen molar-refractivity contribution in [2.75, 3.05) is 5.32 Å². The fraction of sp³-hybridized carbons (Fsp3) is 0.250. The third kappa shape index (κ3) is 2.91. The molecule has 2 aromatic heterocycles. The van der Waals surface area contributed by atoms with Gasteiger partial charge in [0.05, 0.1) is 18.1 Å². The summed E-state index contributed by atoms with van der Waals surface area (Å²) in [5.74, 6) is 0.366. The maximum Gasteiger partial charge on any atom is 0.274 e. The van der Waals surface area contributed by atoms with Gasteiger partial charge in [0.2, 0.25) is 0 Å². The molecular weight excluding hydrogens is 344 g/mol. The van der Waals surface area contributed by atoms with Gasteiger partial charge in [-0.25, -0.2) is 4.98 Å². The van der Waals surface area contributed by atoms with Crippen molar-refractivity contribution in [1.82, 2.24) is 9.55 Å². The van der Waals surface area contributed by atoms with Crippen molar-refractivity contribution < 1.29 is 4.79 Å². The van der Waals surface area contributed by atoms with Crippen molar-refractivity contribution in [3.05, 3.63) is 64.6 Å². The Kier molecular flexibility index (Phi) is 4.31. The van der Waals surface area contributed by atoms with Crippen LogP contribution in [0.3, 0.4) is 0 Å². The lowest BCUT2D eigenvalue weighted by Crippen LogP contribution is -2.16. The van der Waals surface area contributed by atoms with Crippen molar-refractivity contribution in [3.63, 3.8) is 0 Å². The highest BCUT2D eigenvalue weighted by molar-refractivity contribution is 7.16. The molecule has 0 saturated carbocycles. The van der Waals surface area contributed by atoms with Crippen molar-refractivity contribution in [1.29, 1.82) is 5.26 Å². The van der Waals surface area contributed by atoms with Crippen molar-refractivity contribution in [2.45, 2.75) is 26.2 Å². The van der Waals surface area contributed by atoms with Gasteiger partial charge in [0.25, 0.3) is 5.91 Å². The van der Waals surface area contributed by atoms with Crippen LogP contribution in [0.5, 0.6) is 0 Å². The second-order valence-electron chi connectivity index (χ2n) is 6.61. The first-order valence-corrected chi connectivity index (χ1v) is 9.42. The van der Waals surface area contributed by atoms with Gasteiger partial charge in [-0.15, -0.1) is 11.3 Å². The topological polar surface area (TPSA) is 70.7 Å². The van der Waals surface area contributed by atoms with Crippen LogP contribution in [0.25, 0.3) is 5.69 Å². The number of hydrogen-bond acceptors (Lipinski definition) is 4. The van der Waals surface area contributed by atoms with E-state index in [1.807, 2.05) is 30.3 Å². The predicted octanol–water partition coefficient (Wildman–Crippen LogP) is 4.18. The number of benzene rings is 1. The number of nitrogens with one attached hydrogen (secondary N) is 1. The Morgan fingerprint density at radius 1 is 1.38 bits per heavy atom. The third-order valence-electron chi connectivity index (χ3n) is 4.76. The first-order chi connectivity index (χ1) is 12.7. The van der Waals surface area contributed by atoms with Gasteiger partial charge < -0.3 is 5.32 Å². The number of nitriles is 1. The molecule has 1 unspecified atom stereocenters. The number of carbonyl (C=O) groups is 1. The Balaban J connectivity index is 1.65. The number of para-hydroxylation sites is 1. The molecule has 1 atom stereocenters. The number of thiophene rings is 1. The van der Waals surface area contributed by atoms with E-state index >= 15 is 0 Å². The van der Waals surface area contributed by atoms with E-state index in [2.05, 4.69) is 23.3 Å². The first-order valence-electron chi connectivity index (χ1n) is 8.61. The van der Waals surface area contributed by atoms with E-state index in [4.69, 9.17) is 0 Å². The SMILES string of the molecule is CC1CCc2c(sc(NC(=O)c3cncn3-c3ccccc3)c2C#N)C1. The number of imidazole rings is 1. The van der Waals surface area contributed by atoms with Crippen LogP contribution >= 0.6 is 11.3 Å². The summed E-state index contributed by atoms with van der Waals surface area (Å²) in [5.41, 5.74) is 3.05. The molecule has 1 aliphatic rings. The zero-order chi connectivity index (χ0) is 18.1. The summed E-state index contributed by atoms with van der Waals surface area (Å²) in [6.07, 6.45) is 6.15. The molecule has 4 rings (SSSR count). The minimum absolute atomic E-state index is 0.255. The highest BCUT2D eigenvalue weighted by atomic mass is 32.1. The third-order valence-corrected chi connectivity index (χ3v) is 5.93. The van der Waals surface area contributed by atoms with Gasteiger partial charge in [0.1, 0.15) is 16.8 Å². The maximum absolute atomic E-state index is 12.8. The number of fused-ring (bicyclic) bond motifs is 1. The Morgan fingerprint density at radius 2 is 2.19 bits per heavy atom. The van der Waals surface area contributed by atoms with Crippen molar-refractivity contribution >= 4 is 22.2 Å². The van der Waals surface area contributed by atoms with E-state index in [0.717, 1.165) is 30.5 Å². The van der Waals surface area contributed by atoms with Crippen LogP contribution in [-0.2, 0) is 12.8 Å². The fourth-order valence-corrected chi connectivity index (χ4v) is 4.74. The smallest absolute Gasteiger partial charge is 0.274 e. The van der Waals surface area contributed by atoms with Crippen LogP contribution < -0.4 is 5.32 Å². The summed E-state index contributed by atoms with van der Waals surface area (Å²) in [7, 11) is 0. The van der Waals surface area contributed by atoms with Crippen LogP contribution in [-0.4, -0.2) is 15.5 Å². The van der Waals surface area contributed by atoms with E-state index in [1.54, 1.807) is 17.1 Å². The molecule has 0 aliphatic heterocycles. The Morgan fingerprint density at radius 3 is 2.96 bits per heavy atom. The summed E-state index contributed by atoms with van der Waals surface area (Å²) in [6.45, 7) is 2.23. The summed E-state index contributed by atoms with van der Waals surface area (Å²) in [4.78, 5) is 18.2. The van der Waals surface area contributed by atoms with E-state index in [-0.39, 0.29) is 5.91 Å². The molecule has 1 aromatic carbocycles. The van der Waals surface area contributed by atoms with Crippen LogP contribution in [0.4, 0.5) is 5.00 Å². The Hall–Kier alpha value is -2.91. The molecule has 5 nitrogen and oxygen atoms in total. The summed E-state index contributed by atoms with van der Waals surface area (Å²) in [6, 6.07) is 11.9. The molecule has 1 N–H and O–H groups in total. The molecular formula is C20H18N4OS. The van der Waals surface area contributed by atoms with Crippen LogP contribution in [0, 0.1) is 17.2 Å². The molecule has 2 heterocycles. The minimum Gasteiger partial charge on any atom is -0.311 e. The lowest BCUT2D eigenvalue weighted by Gasteiger charge is -2.17. The standard InChI is InChI=1S/C20H18N4OS/c1-13-7-8-15-16(10-21)20(26-18(15)9-13)23-19(25)17-11-22-12-24(17)14-5-3-2-4-6-14/h2-6,11-13H,7-9H2,1H3,(H,23,25). The monoisotopic (exact) mass is 362 g/mol. The molecule has 3 aromatic rings. The van der Waals surface area contributed by atoms with Crippen LogP contribution in [0.1, 0.15) is 39.8 Å². The van der Waals surface area contributed by atoms with Gasteiger partial charge in [0, 0.05) is 10.6 Å².